The first-order valence-corrected chi connectivity index (χ1v) is 9.22. The zero-order valence-corrected chi connectivity index (χ0v) is 15.7. The molecule has 0 radical (unpaired) electrons. The van der Waals surface area contributed by atoms with Crippen molar-refractivity contribution in [3.05, 3.63) is 79.9 Å². The third-order valence-corrected chi connectivity index (χ3v) is 4.44. The molecule has 0 saturated carbocycles. The number of carbonyl (C=O) groups excluding carboxylic acids is 1. The highest BCUT2D eigenvalue weighted by Crippen LogP contribution is 2.25. The Morgan fingerprint density at radius 1 is 0.964 bits per heavy atom. The van der Waals surface area contributed by atoms with Crippen molar-refractivity contribution in [2.24, 2.45) is 0 Å². The van der Waals surface area contributed by atoms with E-state index in [9.17, 15) is 25.0 Å². The molecule has 0 aromatic heterocycles. The second-order valence-electron chi connectivity index (χ2n) is 6.54. The van der Waals surface area contributed by atoms with Gasteiger partial charge in [0.1, 0.15) is 0 Å². The van der Waals surface area contributed by atoms with E-state index in [2.05, 4.69) is 12.2 Å². The topological polar surface area (TPSA) is 115 Å². The van der Waals surface area contributed by atoms with Gasteiger partial charge in [0.25, 0.3) is 17.3 Å². The minimum atomic E-state index is -0.747. The normalized spacial score (nSPS) is 11.6. The van der Waals surface area contributed by atoms with E-state index in [0.29, 0.717) is 6.42 Å². The maximum absolute atomic E-state index is 12.7. The van der Waals surface area contributed by atoms with Crippen LogP contribution in [0, 0.1) is 20.2 Å². The maximum Gasteiger partial charge on any atom is 0.277 e. The molecule has 8 nitrogen and oxygen atoms in total. The first-order chi connectivity index (χ1) is 13.4. The molecule has 0 aliphatic carbocycles. The molecule has 2 aromatic carbocycles. The minimum absolute atomic E-state index is 0.101. The molecule has 1 amide bonds. The molecule has 8 heteroatoms. The molecule has 0 fully saturated rings. The molecule has 0 aliphatic rings. The van der Waals surface area contributed by atoms with Crippen LogP contribution in [0.25, 0.3) is 0 Å². The van der Waals surface area contributed by atoms with E-state index in [4.69, 9.17) is 0 Å². The SMILES string of the molecule is CCCCCCC(NC(=O)c1cc([N+](=O)[O-])cc([N+](=O)[O-])c1)c1ccccc1. The molecular weight excluding hydrogens is 362 g/mol. The van der Waals surface area contributed by atoms with Gasteiger partial charge in [0.05, 0.1) is 27.5 Å². The van der Waals surface area contributed by atoms with E-state index in [0.717, 1.165) is 49.4 Å². The molecular formula is C20H23N3O5. The van der Waals surface area contributed by atoms with E-state index in [-0.39, 0.29) is 11.6 Å². The number of rotatable bonds is 10. The van der Waals surface area contributed by atoms with Crippen LogP contribution in [-0.4, -0.2) is 15.8 Å². The van der Waals surface area contributed by atoms with Gasteiger partial charge in [-0.2, -0.15) is 0 Å². The lowest BCUT2D eigenvalue weighted by Crippen LogP contribution is -2.28. The summed E-state index contributed by atoms with van der Waals surface area (Å²) in [7, 11) is 0. The summed E-state index contributed by atoms with van der Waals surface area (Å²) in [5.41, 5.74) is -0.153. The van der Waals surface area contributed by atoms with Crippen LogP contribution in [0.4, 0.5) is 11.4 Å². The summed E-state index contributed by atoms with van der Waals surface area (Å²) in [6, 6.07) is 12.1. The van der Waals surface area contributed by atoms with Gasteiger partial charge in [0.15, 0.2) is 0 Å². The molecule has 0 saturated heterocycles. The highest BCUT2D eigenvalue weighted by atomic mass is 16.6. The number of non-ortho nitro benzene ring substituents is 2. The van der Waals surface area contributed by atoms with Crippen molar-refractivity contribution in [1.29, 1.82) is 0 Å². The second kappa shape index (κ2) is 10.1. The van der Waals surface area contributed by atoms with E-state index >= 15 is 0 Å². The lowest BCUT2D eigenvalue weighted by atomic mass is 9.99. The summed E-state index contributed by atoms with van der Waals surface area (Å²) >= 11 is 0. The molecule has 1 N–H and O–H groups in total. The summed E-state index contributed by atoms with van der Waals surface area (Å²) in [5.74, 6) is -0.573. The second-order valence-corrected chi connectivity index (χ2v) is 6.54. The number of nitrogens with one attached hydrogen (secondary N) is 1. The largest absolute Gasteiger partial charge is 0.345 e. The fourth-order valence-corrected chi connectivity index (χ4v) is 2.96. The monoisotopic (exact) mass is 385 g/mol. The van der Waals surface area contributed by atoms with Gasteiger partial charge < -0.3 is 5.32 Å². The molecule has 1 atom stereocenters. The van der Waals surface area contributed by atoms with Crippen molar-refractivity contribution in [2.75, 3.05) is 0 Å². The van der Waals surface area contributed by atoms with E-state index < -0.39 is 27.1 Å². The van der Waals surface area contributed by atoms with Crippen LogP contribution >= 0.6 is 0 Å². The molecule has 0 aliphatic heterocycles. The molecule has 1 unspecified atom stereocenters. The average Bonchev–Trinajstić information content (AvgIpc) is 2.70. The predicted molar refractivity (Wildman–Crippen MR) is 105 cm³/mol. The van der Waals surface area contributed by atoms with Gasteiger partial charge in [-0.3, -0.25) is 25.0 Å². The van der Waals surface area contributed by atoms with Gasteiger partial charge >= 0.3 is 0 Å². The highest BCUT2D eigenvalue weighted by Gasteiger charge is 2.22. The highest BCUT2D eigenvalue weighted by molar-refractivity contribution is 5.95. The fraction of sp³-hybridized carbons (Fsp3) is 0.350. The lowest BCUT2D eigenvalue weighted by molar-refractivity contribution is -0.394. The fourth-order valence-electron chi connectivity index (χ4n) is 2.96. The third-order valence-electron chi connectivity index (χ3n) is 4.44. The van der Waals surface area contributed by atoms with E-state index in [1.54, 1.807) is 0 Å². The van der Waals surface area contributed by atoms with Crippen LogP contribution in [0.15, 0.2) is 48.5 Å². The first kappa shape index (κ1) is 21.0. The summed E-state index contributed by atoms with van der Waals surface area (Å²) in [4.78, 5) is 33.3. The van der Waals surface area contributed by atoms with Crippen molar-refractivity contribution in [1.82, 2.24) is 5.32 Å². The molecule has 0 bridgehead atoms. The standard InChI is InChI=1S/C20H23N3O5/c1-2-3-4-8-11-19(15-9-6-5-7-10-15)21-20(24)16-12-17(22(25)26)14-18(13-16)23(27)28/h5-7,9-10,12-14,19H,2-4,8,11H2,1H3,(H,21,24). The van der Waals surface area contributed by atoms with Crippen LogP contribution in [-0.2, 0) is 0 Å². The number of nitro benzene ring substituents is 2. The van der Waals surface area contributed by atoms with Gasteiger partial charge in [-0.15, -0.1) is 0 Å². The zero-order valence-electron chi connectivity index (χ0n) is 15.7. The molecule has 28 heavy (non-hydrogen) atoms. The van der Waals surface area contributed by atoms with Gasteiger partial charge in [0.2, 0.25) is 0 Å². The minimum Gasteiger partial charge on any atom is -0.345 e. The molecule has 0 spiro atoms. The van der Waals surface area contributed by atoms with Crippen molar-refractivity contribution in [3.8, 4) is 0 Å². The number of hydrogen-bond acceptors (Lipinski definition) is 5. The number of unbranched alkanes of at least 4 members (excludes halogenated alkanes) is 3. The van der Waals surface area contributed by atoms with Gasteiger partial charge in [-0.05, 0) is 12.0 Å². The number of hydrogen-bond donors (Lipinski definition) is 1. The van der Waals surface area contributed by atoms with Crippen molar-refractivity contribution in [3.63, 3.8) is 0 Å². The third kappa shape index (κ3) is 5.87. The summed E-state index contributed by atoms with van der Waals surface area (Å²) in [6.45, 7) is 2.12. The smallest absolute Gasteiger partial charge is 0.277 e. The Kier molecular flexibility index (Phi) is 7.62. The predicted octanol–water partition coefficient (Wildman–Crippen LogP) is 4.94. The Morgan fingerprint density at radius 2 is 1.57 bits per heavy atom. The molecule has 2 aromatic rings. The molecule has 148 valence electrons. The van der Waals surface area contributed by atoms with Crippen molar-refractivity contribution >= 4 is 17.3 Å². The van der Waals surface area contributed by atoms with Gasteiger partial charge in [-0.25, -0.2) is 0 Å². The van der Waals surface area contributed by atoms with Crippen LogP contribution in [0.2, 0.25) is 0 Å². The quantitative estimate of drug-likeness (QED) is 0.353. The first-order valence-electron chi connectivity index (χ1n) is 9.22. The Balaban J connectivity index is 2.24. The Hall–Kier alpha value is -3.29. The lowest BCUT2D eigenvalue weighted by Gasteiger charge is -2.19. The number of nitrogens with zero attached hydrogens (tertiary/aromatic N) is 2. The zero-order chi connectivity index (χ0) is 20.5. The molecule has 2 rings (SSSR count). The van der Waals surface area contributed by atoms with E-state index in [1.807, 2.05) is 30.3 Å². The number of carbonyl (C=O) groups is 1. The number of benzene rings is 2. The van der Waals surface area contributed by atoms with Crippen LogP contribution in [0.5, 0.6) is 0 Å². The Morgan fingerprint density at radius 3 is 2.11 bits per heavy atom. The van der Waals surface area contributed by atoms with Gasteiger partial charge in [0, 0.05) is 12.1 Å². The van der Waals surface area contributed by atoms with Gasteiger partial charge in [-0.1, -0.05) is 62.9 Å². The molecule has 0 heterocycles. The average molecular weight is 385 g/mol. The Bertz CT molecular complexity index is 807. The summed E-state index contributed by atoms with van der Waals surface area (Å²) < 4.78 is 0. The summed E-state index contributed by atoms with van der Waals surface area (Å²) in [5, 5.41) is 25.0. The van der Waals surface area contributed by atoms with Crippen LogP contribution in [0.1, 0.15) is 61.0 Å². The number of nitro groups is 2. The van der Waals surface area contributed by atoms with Crippen LogP contribution < -0.4 is 5.32 Å². The maximum atomic E-state index is 12.7. The van der Waals surface area contributed by atoms with Crippen molar-refractivity contribution < 1.29 is 14.6 Å². The van der Waals surface area contributed by atoms with Crippen LogP contribution in [0.3, 0.4) is 0 Å². The summed E-state index contributed by atoms with van der Waals surface area (Å²) in [6.07, 6.45) is 4.87. The van der Waals surface area contributed by atoms with E-state index in [1.165, 1.54) is 0 Å². The van der Waals surface area contributed by atoms with Crippen molar-refractivity contribution in [2.45, 2.75) is 45.1 Å². The Labute approximate surface area is 162 Å². The number of amides is 1.